The van der Waals surface area contributed by atoms with E-state index in [9.17, 15) is 4.79 Å². The summed E-state index contributed by atoms with van der Waals surface area (Å²) < 4.78 is 1.89. The third-order valence-electron chi connectivity index (χ3n) is 4.77. The van der Waals surface area contributed by atoms with Gasteiger partial charge in [-0.15, -0.1) is 0 Å². The molecule has 1 amide bonds. The molecule has 0 radical (unpaired) electrons. The SMILES string of the molecule is NC(=O)Cc1nc(C2(c3ccccc3)CC2)n(Cc2cccc(Cl)c2)n1. The van der Waals surface area contributed by atoms with Crippen LogP contribution in [0, 0.1) is 0 Å². The van der Waals surface area contributed by atoms with Gasteiger partial charge < -0.3 is 5.73 Å². The Balaban J connectivity index is 1.75. The summed E-state index contributed by atoms with van der Waals surface area (Å²) in [5.41, 5.74) is 7.48. The van der Waals surface area contributed by atoms with Crippen LogP contribution in [0.2, 0.25) is 5.02 Å². The highest BCUT2D eigenvalue weighted by atomic mass is 35.5. The van der Waals surface area contributed by atoms with Crippen LogP contribution in [0.3, 0.4) is 0 Å². The van der Waals surface area contributed by atoms with E-state index < -0.39 is 5.91 Å². The van der Waals surface area contributed by atoms with Crippen molar-refractivity contribution in [2.75, 3.05) is 0 Å². The van der Waals surface area contributed by atoms with Gasteiger partial charge in [0.15, 0.2) is 5.82 Å². The van der Waals surface area contributed by atoms with Crippen LogP contribution in [-0.4, -0.2) is 20.7 Å². The highest BCUT2D eigenvalue weighted by molar-refractivity contribution is 6.30. The van der Waals surface area contributed by atoms with Gasteiger partial charge in [-0.2, -0.15) is 5.10 Å². The maximum absolute atomic E-state index is 11.3. The first kappa shape index (κ1) is 16.8. The van der Waals surface area contributed by atoms with E-state index in [1.165, 1.54) is 5.56 Å². The lowest BCUT2D eigenvalue weighted by atomic mass is 9.95. The van der Waals surface area contributed by atoms with Crippen LogP contribution in [0.25, 0.3) is 0 Å². The number of primary amides is 1. The Bertz CT molecular complexity index is 947. The van der Waals surface area contributed by atoms with Crippen molar-refractivity contribution in [3.63, 3.8) is 0 Å². The fraction of sp³-hybridized carbons (Fsp3) is 0.250. The molecule has 1 saturated carbocycles. The zero-order valence-corrected chi connectivity index (χ0v) is 15.0. The van der Waals surface area contributed by atoms with Gasteiger partial charge in [0, 0.05) is 5.02 Å². The first-order valence-electron chi connectivity index (χ1n) is 8.59. The summed E-state index contributed by atoms with van der Waals surface area (Å²) in [6.07, 6.45) is 2.07. The predicted molar refractivity (Wildman–Crippen MR) is 99.9 cm³/mol. The van der Waals surface area contributed by atoms with E-state index in [4.69, 9.17) is 22.3 Å². The standard InChI is InChI=1S/C20H19ClN4O/c21-16-8-4-5-14(11-16)13-25-19(23-18(24-25)12-17(22)26)20(9-10-20)15-6-2-1-3-7-15/h1-8,11H,9-10,12-13H2,(H2,22,26). The Kier molecular flexibility index (Phi) is 4.24. The minimum absolute atomic E-state index is 0.0421. The predicted octanol–water partition coefficient (Wildman–Crippen LogP) is 3.09. The lowest BCUT2D eigenvalue weighted by Crippen LogP contribution is -2.18. The molecule has 132 valence electrons. The lowest BCUT2D eigenvalue weighted by molar-refractivity contribution is -0.117. The first-order valence-corrected chi connectivity index (χ1v) is 8.97. The molecule has 1 heterocycles. The Labute approximate surface area is 156 Å². The van der Waals surface area contributed by atoms with Crippen LogP contribution in [0.5, 0.6) is 0 Å². The number of amides is 1. The molecule has 5 nitrogen and oxygen atoms in total. The molecule has 1 aromatic heterocycles. The summed E-state index contributed by atoms with van der Waals surface area (Å²) in [5.74, 6) is 0.928. The summed E-state index contributed by atoms with van der Waals surface area (Å²) in [4.78, 5) is 16.0. The second-order valence-electron chi connectivity index (χ2n) is 6.73. The molecule has 4 rings (SSSR count). The summed E-state index contributed by atoms with van der Waals surface area (Å²) >= 11 is 6.12. The molecule has 1 aliphatic carbocycles. The van der Waals surface area contributed by atoms with Crippen molar-refractivity contribution < 1.29 is 4.79 Å². The molecule has 0 aliphatic heterocycles. The normalized spacial score (nSPS) is 15.0. The van der Waals surface area contributed by atoms with Gasteiger partial charge in [-0.05, 0) is 36.1 Å². The van der Waals surface area contributed by atoms with Crippen molar-refractivity contribution in [2.24, 2.45) is 5.73 Å². The minimum atomic E-state index is -0.430. The van der Waals surface area contributed by atoms with Crippen molar-refractivity contribution in [1.82, 2.24) is 14.8 Å². The third-order valence-corrected chi connectivity index (χ3v) is 5.01. The quantitative estimate of drug-likeness (QED) is 0.728. The van der Waals surface area contributed by atoms with Crippen LogP contribution < -0.4 is 5.73 Å². The molecule has 2 aromatic carbocycles. The average Bonchev–Trinajstić information content (AvgIpc) is 3.33. The minimum Gasteiger partial charge on any atom is -0.369 e. The van der Waals surface area contributed by atoms with Gasteiger partial charge in [0.25, 0.3) is 0 Å². The van der Waals surface area contributed by atoms with Crippen LogP contribution >= 0.6 is 11.6 Å². The van der Waals surface area contributed by atoms with Gasteiger partial charge in [-0.3, -0.25) is 4.79 Å². The van der Waals surface area contributed by atoms with Gasteiger partial charge in [-0.1, -0.05) is 54.1 Å². The number of hydrogen-bond acceptors (Lipinski definition) is 3. The van der Waals surface area contributed by atoms with Gasteiger partial charge in [-0.25, -0.2) is 9.67 Å². The number of halogens is 1. The van der Waals surface area contributed by atoms with E-state index in [1.807, 2.05) is 47.1 Å². The Morgan fingerprint density at radius 1 is 1.15 bits per heavy atom. The molecule has 6 heteroatoms. The van der Waals surface area contributed by atoms with Gasteiger partial charge in [0.05, 0.1) is 18.4 Å². The molecule has 0 saturated heterocycles. The average molecular weight is 367 g/mol. The molecule has 0 spiro atoms. The van der Waals surface area contributed by atoms with Crippen LogP contribution in [0.15, 0.2) is 54.6 Å². The van der Waals surface area contributed by atoms with E-state index in [0.29, 0.717) is 17.4 Å². The molecule has 0 unspecified atom stereocenters. The fourth-order valence-electron chi connectivity index (χ4n) is 3.42. The van der Waals surface area contributed by atoms with E-state index in [-0.39, 0.29) is 11.8 Å². The number of aromatic nitrogens is 3. The van der Waals surface area contributed by atoms with Crippen LogP contribution in [0.4, 0.5) is 0 Å². The molecular weight excluding hydrogens is 348 g/mol. The molecule has 3 aromatic rings. The molecular formula is C20H19ClN4O. The summed E-state index contributed by atoms with van der Waals surface area (Å²) in [6, 6.07) is 18.0. The van der Waals surface area contributed by atoms with Crippen molar-refractivity contribution >= 4 is 17.5 Å². The number of nitrogens with zero attached hydrogens (tertiary/aromatic N) is 3. The second kappa shape index (κ2) is 6.57. The molecule has 0 bridgehead atoms. The van der Waals surface area contributed by atoms with E-state index in [0.717, 1.165) is 24.2 Å². The van der Waals surface area contributed by atoms with Gasteiger partial charge in [0.1, 0.15) is 5.82 Å². The third kappa shape index (κ3) is 3.22. The van der Waals surface area contributed by atoms with Gasteiger partial charge >= 0.3 is 0 Å². The Hall–Kier alpha value is -2.66. The smallest absolute Gasteiger partial charge is 0.225 e. The number of carbonyl (C=O) groups excluding carboxylic acids is 1. The fourth-order valence-corrected chi connectivity index (χ4v) is 3.63. The largest absolute Gasteiger partial charge is 0.369 e. The maximum Gasteiger partial charge on any atom is 0.225 e. The zero-order chi connectivity index (χ0) is 18.1. The number of nitrogens with two attached hydrogens (primary N) is 1. The number of carbonyl (C=O) groups is 1. The summed E-state index contributed by atoms with van der Waals surface area (Å²) in [6.45, 7) is 0.552. The summed E-state index contributed by atoms with van der Waals surface area (Å²) in [7, 11) is 0. The summed E-state index contributed by atoms with van der Waals surface area (Å²) in [5, 5.41) is 5.25. The zero-order valence-electron chi connectivity index (χ0n) is 14.2. The Morgan fingerprint density at radius 3 is 2.58 bits per heavy atom. The van der Waals surface area contributed by atoms with E-state index >= 15 is 0 Å². The van der Waals surface area contributed by atoms with Crippen LogP contribution in [-0.2, 0) is 23.2 Å². The van der Waals surface area contributed by atoms with E-state index in [2.05, 4.69) is 17.2 Å². The van der Waals surface area contributed by atoms with E-state index in [1.54, 1.807) is 0 Å². The molecule has 0 atom stereocenters. The number of rotatable bonds is 6. The Morgan fingerprint density at radius 2 is 1.92 bits per heavy atom. The second-order valence-corrected chi connectivity index (χ2v) is 7.17. The van der Waals surface area contributed by atoms with Gasteiger partial charge in [0.2, 0.25) is 5.91 Å². The molecule has 1 aliphatic rings. The van der Waals surface area contributed by atoms with Crippen molar-refractivity contribution in [3.8, 4) is 0 Å². The van der Waals surface area contributed by atoms with Crippen molar-refractivity contribution in [3.05, 3.63) is 82.4 Å². The monoisotopic (exact) mass is 366 g/mol. The highest BCUT2D eigenvalue weighted by Gasteiger charge is 2.50. The topological polar surface area (TPSA) is 73.8 Å². The van der Waals surface area contributed by atoms with Crippen LogP contribution in [0.1, 0.15) is 35.6 Å². The lowest BCUT2D eigenvalue weighted by Gasteiger charge is -2.16. The molecule has 1 fully saturated rings. The number of hydrogen-bond donors (Lipinski definition) is 1. The maximum atomic E-state index is 11.3. The first-order chi connectivity index (χ1) is 12.6. The van der Waals surface area contributed by atoms with Crippen molar-refractivity contribution in [1.29, 1.82) is 0 Å². The van der Waals surface area contributed by atoms with Crippen molar-refractivity contribution in [2.45, 2.75) is 31.2 Å². The molecule has 26 heavy (non-hydrogen) atoms. The highest BCUT2D eigenvalue weighted by Crippen LogP contribution is 2.52. The molecule has 2 N–H and O–H groups in total. The number of benzene rings is 2.